The molecule has 1 unspecified atom stereocenters. The monoisotopic (exact) mass is 341 g/mol. The number of aromatic nitrogens is 3. The second kappa shape index (κ2) is 7.55. The van der Waals surface area contributed by atoms with E-state index in [9.17, 15) is 0 Å². The molecule has 0 aromatic carbocycles. The molecule has 1 aliphatic heterocycles. The Bertz CT molecular complexity index is 735. The zero-order valence-corrected chi connectivity index (χ0v) is 15.5. The van der Waals surface area contributed by atoms with Crippen molar-refractivity contribution in [2.45, 2.75) is 18.9 Å². The third-order valence-corrected chi connectivity index (χ3v) is 4.61. The molecule has 1 fully saturated rings. The molecular weight excluding hydrogens is 314 g/mol. The van der Waals surface area contributed by atoms with Gasteiger partial charge >= 0.3 is 0 Å². The van der Waals surface area contributed by atoms with Crippen molar-refractivity contribution in [2.24, 2.45) is 12.0 Å². The van der Waals surface area contributed by atoms with Crippen LogP contribution in [0.15, 0.2) is 35.7 Å². The number of pyridine rings is 1. The molecule has 0 aliphatic carbocycles. The fourth-order valence-electron chi connectivity index (χ4n) is 3.20. The van der Waals surface area contributed by atoms with Crippen molar-refractivity contribution in [3.63, 3.8) is 0 Å². The summed E-state index contributed by atoms with van der Waals surface area (Å²) in [5.74, 6) is 2.44. The fourth-order valence-corrected chi connectivity index (χ4v) is 3.20. The fraction of sp³-hybridized carbons (Fsp3) is 0.500. The molecule has 0 amide bonds. The first kappa shape index (κ1) is 17.3. The second-order valence-corrected chi connectivity index (χ2v) is 6.70. The van der Waals surface area contributed by atoms with E-state index >= 15 is 0 Å². The molecule has 134 valence electrons. The number of anilines is 1. The van der Waals surface area contributed by atoms with E-state index in [1.165, 1.54) is 11.1 Å². The largest absolute Gasteiger partial charge is 0.363 e. The summed E-state index contributed by atoms with van der Waals surface area (Å²) in [5, 5.41) is 7.77. The highest BCUT2D eigenvalue weighted by atomic mass is 15.3. The van der Waals surface area contributed by atoms with Gasteiger partial charge in [-0.25, -0.2) is 4.98 Å². The highest BCUT2D eigenvalue weighted by Gasteiger charge is 2.26. The van der Waals surface area contributed by atoms with Crippen LogP contribution in [0.1, 0.15) is 23.5 Å². The smallest absolute Gasteiger partial charge is 0.193 e. The normalized spacial score (nSPS) is 17.8. The highest BCUT2D eigenvalue weighted by molar-refractivity contribution is 5.80. The van der Waals surface area contributed by atoms with Crippen LogP contribution in [-0.4, -0.2) is 59.9 Å². The SMILES string of the molecule is CN=C(NCc1ccnc(N(C)C)c1)N1CCC(c2cnn(C)c2)C1. The van der Waals surface area contributed by atoms with E-state index in [4.69, 9.17) is 0 Å². The Kier molecular flexibility index (Phi) is 5.21. The first-order valence-corrected chi connectivity index (χ1v) is 8.63. The average Bonchev–Trinajstić information content (AvgIpc) is 3.25. The maximum Gasteiger partial charge on any atom is 0.193 e. The molecular formula is C18H27N7. The summed E-state index contributed by atoms with van der Waals surface area (Å²) in [6, 6.07) is 4.14. The zero-order chi connectivity index (χ0) is 17.8. The molecule has 2 aromatic heterocycles. The van der Waals surface area contributed by atoms with Gasteiger partial charge in [0.15, 0.2) is 5.96 Å². The van der Waals surface area contributed by atoms with Gasteiger partial charge in [-0.05, 0) is 29.7 Å². The Morgan fingerprint density at radius 1 is 1.44 bits per heavy atom. The van der Waals surface area contributed by atoms with E-state index in [0.717, 1.165) is 37.8 Å². The number of guanidine groups is 1. The molecule has 1 N–H and O–H groups in total. The van der Waals surface area contributed by atoms with Crippen molar-refractivity contribution in [2.75, 3.05) is 39.1 Å². The van der Waals surface area contributed by atoms with E-state index in [-0.39, 0.29) is 0 Å². The summed E-state index contributed by atoms with van der Waals surface area (Å²) in [5.41, 5.74) is 2.51. The van der Waals surface area contributed by atoms with Crippen molar-refractivity contribution in [1.29, 1.82) is 0 Å². The molecule has 1 aliphatic rings. The van der Waals surface area contributed by atoms with Gasteiger partial charge in [0.25, 0.3) is 0 Å². The molecule has 0 radical (unpaired) electrons. The molecule has 0 bridgehead atoms. The van der Waals surface area contributed by atoms with Crippen LogP contribution in [-0.2, 0) is 13.6 Å². The average molecular weight is 341 g/mol. The molecule has 25 heavy (non-hydrogen) atoms. The molecule has 3 rings (SSSR count). The number of aliphatic imine (C=N–C) groups is 1. The van der Waals surface area contributed by atoms with Crippen LogP contribution in [0, 0.1) is 0 Å². The predicted octanol–water partition coefficient (Wildman–Crippen LogP) is 1.45. The minimum absolute atomic E-state index is 0.522. The van der Waals surface area contributed by atoms with E-state index in [2.05, 4.69) is 37.6 Å². The van der Waals surface area contributed by atoms with Gasteiger partial charge < -0.3 is 15.1 Å². The Morgan fingerprint density at radius 2 is 2.28 bits per heavy atom. The Morgan fingerprint density at radius 3 is 2.96 bits per heavy atom. The second-order valence-electron chi connectivity index (χ2n) is 6.70. The number of likely N-dealkylation sites (tertiary alicyclic amines) is 1. The number of hydrogen-bond acceptors (Lipinski definition) is 4. The summed E-state index contributed by atoms with van der Waals surface area (Å²) in [4.78, 5) is 13.2. The maximum atomic E-state index is 4.46. The van der Waals surface area contributed by atoms with Crippen LogP contribution in [0.5, 0.6) is 0 Å². The molecule has 7 heteroatoms. The van der Waals surface area contributed by atoms with Crippen molar-refractivity contribution in [1.82, 2.24) is 25.0 Å². The van der Waals surface area contributed by atoms with Crippen LogP contribution in [0.3, 0.4) is 0 Å². The van der Waals surface area contributed by atoms with Crippen LogP contribution >= 0.6 is 0 Å². The lowest BCUT2D eigenvalue weighted by Crippen LogP contribution is -2.39. The first-order valence-electron chi connectivity index (χ1n) is 8.63. The minimum atomic E-state index is 0.522. The van der Waals surface area contributed by atoms with E-state index in [1.807, 2.05) is 56.2 Å². The number of nitrogens with one attached hydrogen (secondary N) is 1. The van der Waals surface area contributed by atoms with Gasteiger partial charge in [-0.1, -0.05) is 0 Å². The molecule has 7 nitrogen and oxygen atoms in total. The summed E-state index contributed by atoms with van der Waals surface area (Å²) in [6.07, 6.45) is 7.07. The number of hydrogen-bond donors (Lipinski definition) is 1. The lowest BCUT2D eigenvalue weighted by atomic mass is 10.0. The van der Waals surface area contributed by atoms with E-state index in [0.29, 0.717) is 5.92 Å². The van der Waals surface area contributed by atoms with Crippen LogP contribution < -0.4 is 10.2 Å². The molecule has 3 heterocycles. The standard InChI is InChI=1S/C18H27N7/c1-19-18(21-10-14-5-7-20-17(9-14)23(2)3)25-8-6-15(13-25)16-11-22-24(4)12-16/h5,7,9,11-12,15H,6,8,10,13H2,1-4H3,(H,19,21). The molecule has 0 saturated carbocycles. The Hall–Kier alpha value is -2.57. The molecule has 0 spiro atoms. The topological polar surface area (TPSA) is 61.6 Å². The Balaban J connectivity index is 1.59. The van der Waals surface area contributed by atoms with Gasteiger partial charge in [0.2, 0.25) is 0 Å². The van der Waals surface area contributed by atoms with E-state index < -0.39 is 0 Å². The number of nitrogens with zero attached hydrogens (tertiary/aromatic N) is 6. The van der Waals surface area contributed by atoms with Crippen LogP contribution in [0.2, 0.25) is 0 Å². The van der Waals surface area contributed by atoms with Crippen LogP contribution in [0.4, 0.5) is 5.82 Å². The van der Waals surface area contributed by atoms with Gasteiger partial charge in [0.05, 0.1) is 6.20 Å². The molecule has 2 aromatic rings. The summed E-state index contributed by atoms with van der Waals surface area (Å²) >= 11 is 0. The van der Waals surface area contributed by atoms with Gasteiger partial charge in [-0.2, -0.15) is 5.10 Å². The number of aryl methyl sites for hydroxylation is 1. The van der Waals surface area contributed by atoms with Crippen molar-refractivity contribution >= 4 is 11.8 Å². The predicted molar refractivity (Wildman–Crippen MR) is 101 cm³/mol. The molecule has 1 saturated heterocycles. The van der Waals surface area contributed by atoms with Gasteiger partial charge in [-0.15, -0.1) is 0 Å². The zero-order valence-electron chi connectivity index (χ0n) is 15.5. The lowest BCUT2D eigenvalue weighted by Gasteiger charge is -2.22. The quantitative estimate of drug-likeness (QED) is 0.674. The lowest BCUT2D eigenvalue weighted by molar-refractivity contribution is 0.486. The van der Waals surface area contributed by atoms with Crippen molar-refractivity contribution in [3.05, 3.63) is 41.9 Å². The minimum Gasteiger partial charge on any atom is -0.363 e. The molecule has 1 atom stereocenters. The third-order valence-electron chi connectivity index (χ3n) is 4.61. The maximum absolute atomic E-state index is 4.46. The third kappa shape index (κ3) is 4.10. The van der Waals surface area contributed by atoms with Crippen molar-refractivity contribution in [3.8, 4) is 0 Å². The Labute approximate surface area is 149 Å². The van der Waals surface area contributed by atoms with E-state index in [1.54, 1.807) is 0 Å². The van der Waals surface area contributed by atoms with Crippen molar-refractivity contribution < 1.29 is 0 Å². The summed E-state index contributed by atoms with van der Waals surface area (Å²) in [7, 11) is 7.81. The summed E-state index contributed by atoms with van der Waals surface area (Å²) < 4.78 is 1.87. The number of rotatable bonds is 4. The van der Waals surface area contributed by atoms with Gasteiger partial charge in [-0.3, -0.25) is 9.67 Å². The van der Waals surface area contributed by atoms with Gasteiger partial charge in [0.1, 0.15) is 5.82 Å². The highest BCUT2D eigenvalue weighted by Crippen LogP contribution is 2.26. The first-order chi connectivity index (χ1) is 12.1. The van der Waals surface area contributed by atoms with Crippen LogP contribution in [0.25, 0.3) is 0 Å². The van der Waals surface area contributed by atoms with Gasteiger partial charge in [0, 0.05) is 66.1 Å². The summed E-state index contributed by atoms with van der Waals surface area (Å²) in [6.45, 7) is 2.73.